The second-order valence-corrected chi connectivity index (χ2v) is 14.6. The van der Waals surface area contributed by atoms with Crippen molar-refractivity contribution in [3.63, 3.8) is 0 Å². The third-order valence-electron chi connectivity index (χ3n) is 0.422. The molecule has 0 N–H and O–H groups in total. The Morgan fingerprint density at radius 1 is 1.83 bits per heavy atom. The van der Waals surface area contributed by atoms with Crippen LogP contribution in [0.15, 0.2) is 0 Å². The van der Waals surface area contributed by atoms with Crippen molar-refractivity contribution in [1.82, 2.24) is 0 Å². The Kier molecular flexibility index (Phi) is 7.34. The fraction of sp³-hybridized carbons (Fsp3) is 0.667. The van der Waals surface area contributed by atoms with Crippen LogP contribution in [0.1, 0.15) is 6.42 Å². The molecule has 0 heterocycles. The average Bonchev–Trinajstić information content (AvgIpc) is 1.61. The van der Waals surface area contributed by atoms with E-state index in [0.29, 0.717) is 0 Å². The minimum absolute atomic E-state index is 0.421. The molecule has 0 aliphatic heterocycles. The van der Waals surface area contributed by atoms with Crippen LogP contribution in [0.5, 0.6) is 0 Å². The summed E-state index contributed by atoms with van der Waals surface area (Å²) in [7, 11) is 0. The van der Waals surface area contributed by atoms with Crippen LogP contribution in [0, 0.1) is 11.3 Å². The molecule has 0 aliphatic carbocycles. The van der Waals surface area contributed by atoms with E-state index in [1.807, 2.05) is 0 Å². The van der Waals surface area contributed by atoms with Crippen LogP contribution in [0.2, 0.25) is 3.93 Å². The van der Waals surface area contributed by atoms with Crippen LogP contribution >= 0.6 is 17.7 Å². The molecule has 0 saturated heterocycles. The molecule has 0 aromatic rings. The summed E-state index contributed by atoms with van der Waals surface area (Å²) in [5.41, 5.74) is 0. The van der Waals surface area contributed by atoms with E-state index in [1.165, 1.54) is 3.93 Å². The monoisotopic (exact) mass is 383 g/mol. The summed E-state index contributed by atoms with van der Waals surface area (Å²) in [4.78, 5) is 0. The van der Waals surface area contributed by atoms with Crippen LogP contribution < -0.4 is 0 Å². The maximum atomic E-state index is 7.98. The Morgan fingerprint density at radius 3 is 2.67 bits per heavy atom. The van der Waals surface area contributed by atoms with Crippen molar-refractivity contribution in [3.05, 3.63) is 0 Å². The molecule has 3 heteroatoms. The van der Waals surface area contributed by atoms with E-state index in [4.69, 9.17) is 5.26 Å². The van der Waals surface area contributed by atoms with Crippen molar-refractivity contribution < 1.29 is 20.2 Å². The van der Waals surface area contributed by atoms with Crippen molar-refractivity contribution in [2.75, 3.05) is 0 Å². The summed E-state index contributed by atoms with van der Waals surface area (Å²) in [5, 5.41) is 7.98. The minimum atomic E-state index is -0.421. The van der Waals surface area contributed by atoms with Gasteiger partial charge < -0.3 is 0 Å². The second-order valence-electron chi connectivity index (χ2n) is 0.951. The summed E-state index contributed by atoms with van der Waals surface area (Å²) in [6.45, 7) is 0. The van der Waals surface area contributed by atoms with Gasteiger partial charge in [0.25, 0.3) is 0 Å². The Labute approximate surface area is 58.9 Å². The Bertz CT molecular complexity index is 58.3. The predicted molar refractivity (Wildman–Crippen MR) is 29.1 cm³/mol. The van der Waals surface area contributed by atoms with E-state index in [1.54, 1.807) is 0 Å². The molecule has 0 fully saturated rings. The van der Waals surface area contributed by atoms with Gasteiger partial charge in [0, 0.05) is 0 Å². The molecule has 0 aromatic carbocycles. The Hall–Kier alpha value is 1.16. The number of rotatable bonds is 2. The molecule has 0 radical (unpaired) electrons. The zero-order valence-electron chi connectivity index (χ0n) is 3.45. The van der Waals surface area contributed by atoms with Crippen LogP contribution in [-0.4, -0.2) is 0 Å². The van der Waals surface area contributed by atoms with Crippen molar-refractivity contribution >= 4 is 17.7 Å². The van der Waals surface area contributed by atoms with E-state index in [0.717, 1.165) is 6.42 Å². The number of nitrogens with zero attached hydrogens (tertiary/aromatic N) is 1. The zero-order chi connectivity index (χ0) is 4.83. The molecule has 0 bridgehead atoms. The van der Waals surface area contributed by atoms with E-state index in [2.05, 4.69) is 23.7 Å². The van der Waals surface area contributed by atoms with Gasteiger partial charge >= 0.3 is 59.6 Å². The first kappa shape index (κ1) is 7.16. The molecule has 0 spiro atoms. The molecule has 0 unspecified atom stereocenters. The summed E-state index contributed by atoms with van der Waals surface area (Å²) < 4.78 is 1.26. The van der Waals surface area contributed by atoms with Crippen molar-refractivity contribution in [2.45, 2.75) is 10.4 Å². The van der Waals surface area contributed by atoms with Crippen LogP contribution in [0.4, 0.5) is 0 Å². The second kappa shape index (κ2) is 6.16. The first-order valence-corrected chi connectivity index (χ1v) is 21.2. The predicted octanol–water partition coefficient (Wildman–Crippen LogP) is 1.75. The van der Waals surface area contributed by atoms with Crippen molar-refractivity contribution in [2.24, 2.45) is 0 Å². The number of nitriles is 1. The third-order valence-corrected chi connectivity index (χ3v) is 9.53. The van der Waals surface area contributed by atoms with Gasteiger partial charge in [-0.2, -0.15) is 0 Å². The average molecular weight is 382 g/mol. The summed E-state index contributed by atoms with van der Waals surface area (Å²) >= 11 is 2.06. The Balaban J connectivity index is 2.54. The molecule has 0 saturated carbocycles. The quantitative estimate of drug-likeness (QED) is 0.406. The van der Waals surface area contributed by atoms with Gasteiger partial charge in [-0.05, 0) is 0 Å². The van der Waals surface area contributed by atoms with E-state index in [-0.39, 0.29) is 0 Å². The fourth-order valence-electron chi connectivity index (χ4n) is 0.146. The van der Waals surface area contributed by atoms with Gasteiger partial charge in [0.15, 0.2) is 0 Å². The first-order valence-electron chi connectivity index (χ1n) is 1.84. The molecule has 0 rings (SSSR count). The standard InChI is InChI=1S/C3H4N.Hg.HI/c1-2-3-4;;/h1-2H2;;1H/q;+1;/p-1. The van der Waals surface area contributed by atoms with Crippen LogP contribution in [0.3, 0.4) is 0 Å². The van der Waals surface area contributed by atoms with Gasteiger partial charge in [-0.1, -0.05) is 0 Å². The van der Waals surface area contributed by atoms with Gasteiger partial charge in [-0.25, -0.2) is 0 Å². The molecular formula is C3H4HgIN. The van der Waals surface area contributed by atoms with Crippen molar-refractivity contribution in [1.29, 1.82) is 5.26 Å². The van der Waals surface area contributed by atoms with Crippen molar-refractivity contribution in [3.8, 4) is 6.07 Å². The van der Waals surface area contributed by atoms with E-state index >= 15 is 0 Å². The molecule has 6 heavy (non-hydrogen) atoms. The molecule has 0 atom stereocenters. The topological polar surface area (TPSA) is 23.8 Å². The maximum absolute atomic E-state index is 7.98. The van der Waals surface area contributed by atoms with Gasteiger partial charge in [0.05, 0.1) is 0 Å². The molecule has 0 aromatic heterocycles. The molecule has 1 nitrogen and oxygen atoms in total. The third kappa shape index (κ3) is 5.16. The normalized spacial score (nSPS) is 6.00. The van der Waals surface area contributed by atoms with Crippen LogP contribution in [0.25, 0.3) is 0 Å². The van der Waals surface area contributed by atoms with Gasteiger partial charge in [0.2, 0.25) is 0 Å². The van der Waals surface area contributed by atoms with E-state index < -0.39 is 20.2 Å². The number of halogens is 1. The summed E-state index contributed by atoms with van der Waals surface area (Å²) in [6.07, 6.45) is 0.810. The Morgan fingerprint density at radius 2 is 2.50 bits per heavy atom. The SMILES string of the molecule is N#CC[CH2][Hg][I]. The molecule has 30 valence electrons. The first-order chi connectivity index (χ1) is 2.91. The summed E-state index contributed by atoms with van der Waals surface area (Å²) in [5.74, 6) is 0. The van der Waals surface area contributed by atoms with Gasteiger partial charge in [-0.15, -0.1) is 0 Å². The summed E-state index contributed by atoms with van der Waals surface area (Å²) in [6, 6.07) is 2.12. The van der Waals surface area contributed by atoms with Gasteiger partial charge in [0.1, 0.15) is 0 Å². The number of hydrogen-bond donors (Lipinski definition) is 0. The molecule has 0 aliphatic rings. The van der Waals surface area contributed by atoms with Crippen LogP contribution in [-0.2, 0) is 20.2 Å². The number of hydrogen-bond acceptors (Lipinski definition) is 1. The fourth-order valence-corrected chi connectivity index (χ4v) is 4.63. The molecular weight excluding hydrogens is 378 g/mol. The zero-order valence-corrected chi connectivity index (χ0v) is 11.1. The van der Waals surface area contributed by atoms with Gasteiger partial charge in [-0.3, -0.25) is 0 Å². The molecule has 0 amide bonds. The van der Waals surface area contributed by atoms with E-state index in [9.17, 15) is 0 Å².